The van der Waals surface area contributed by atoms with E-state index in [1.807, 2.05) is 0 Å². The Morgan fingerprint density at radius 3 is 2.68 bits per heavy atom. The van der Waals surface area contributed by atoms with Crippen LogP contribution in [0.2, 0.25) is 0 Å². The van der Waals surface area contributed by atoms with E-state index in [9.17, 15) is 0 Å². The van der Waals surface area contributed by atoms with Gasteiger partial charge in [-0.2, -0.15) is 0 Å². The summed E-state index contributed by atoms with van der Waals surface area (Å²) in [4.78, 5) is 2.47. The molecule has 1 aliphatic rings. The number of morpholine rings is 1. The summed E-state index contributed by atoms with van der Waals surface area (Å²) >= 11 is 0. The molecule has 1 unspecified atom stereocenters. The summed E-state index contributed by atoms with van der Waals surface area (Å²) in [6.07, 6.45) is 2.36. The highest BCUT2D eigenvalue weighted by Gasteiger charge is 2.10. The van der Waals surface area contributed by atoms with Gasteiger partial charge in [0, 0.05) is 32.2 Å². The summed E-state index contributed by atoms with van der Waals surface area (Å²) in [5.41, 5.74) is 1.43. The van der Waals surface area contributed by atoms with E-state index in [1.165, 1.54) is 12.0 Å². The summed E-state index contributed by atoms with van der Waals surface area (Å²) in [5.74, 6) is 0. The summed E-state index contributed by atoms with van der Waals surface area (Å²) in [6, 6.07) is 11.3. The van der Waals surface area contributed by atoms with Gasteiger partial charge in [-0.05, 0) is 25.3 Å². The van der Waals surface area contributed by atoms with Crippen molar-refractivity contribution in [2.75, 3.05) is 39.4 Å². The van der Waals surface area contributed by atoms with Crippen LogP contribution in [0.25, 0.3) is 0 Å². The van der Waals surface area contributed by atoms with Gasteiger partial charge >= 0.3 is 0 Å². The van der Waals surface area contributed by atoms with E-state index >= 15 is 0 Å². The molecule has 19 heavy (non-hydrogen) atoms. The topological polar surface area (TPSA) is 24.5 Å². The van der Waals surface area contributed by atoms with Crippen molar-refractivity contribution in [1.82, 2.24) is 10.2 Å². The van der Waals surface area contributed by atoms with Crippen LogP contribution in [0.1, 0.15) is 18.9 Å². The SMILES string of the molecule is CC(CCc1ccccc1)NCCN1CCOCC1. The fourth-order valence-corrected chi connectivity index (χ4v) is 2.42. The average molecular weight is 262 g/mol. The number of hydrogen-bond donors (Lipinski definition) is 1. The molecule has 0 amide bonds. The van der Waals surface area contributed by atoms with Gasteiger partial charge in [0.1, 0.15) is 0 Å². The molecule has 0 saturated carbocycles. The second-order valence-electron chi connectivity index (χ2n) is 5.33. The second kappa shape index (κ2) is 8.31. The Kier molecular flexibility index (Phi) is 6.34. The molecule has 0 radical (unpaired) electrons. The predicted molar refractivity (Wildman–Crippen MR) is 79.5 cm³/mol. The zero-order valence-corrected chi connectivity index (χ0v) is 12.0. The Morgan fingerprint density at radius 1 is 1.21 bits per heavy atom. The molecule has 1 atom stereocenters. The smallest absolute Gasteiger partial charge is 0.0594 e. The third-order valence-corrected chi connectivity index (χ3v) is 3.73. The number of aryl methyl sites for hydroxylation is 1. The van der Waals surface area contributed by atoms with Gasteiger partial charge in [-0.1, -0.05) is 30.3 Å². The van der Waals surface area contributed by atoms with Crippen LogP contribution < -0.4 is 5.32 Å². The molecular weight excluding hydrogens is 236 g/mol. The Morgan fingerprint density at radius 2 is 1.95 bits per heavy atom. The number of rotatable bonds is 7. The van der Waals surface area contributed by atoms with Crippen LogP contribution in [0, 0.1) is 0 Å². The number of nitrogens with one attached hydrogen (secondary N) is 1. The Balaban J connectivity index is 1.55. The second-order valence-corrected chi connectivity index (χ2v) is 5.33. The van der Waals surface area contributed by atoms with Gasteiger partial charge in [0.15, 0.2) is 0 Å². The molecule has 1 N–H and O–H groups in total. The quantitative estimate of drug-likeness (QED) is 0.812. The summed E-state index contributed by atoms with van der Waals surface area (Å²) in [6.45, 7) is 8.45. The summed E-state index contributed by atoms with van der Waals surface area (Å²) in [7, 11) is 0. The maximum absolute atomic E-state index is 5.35. The highest BCUT2D eigenvalue weighted by atomic mass is 16.5. The first-order valence-electron chi connectivity index (χ1n) is 7.42. The van der Waals surface area contributed by atoms with Crippen LogP contribution in [0.3, 0.4) is 0 Å². The monoisotopic (exact) mass is 262 g/mol. The first kappa shape index (κ1) is 14.5. The maximum atomic E-state index is 5.35. The molecule has 2 rings (SSSR count). The molecule has 0 bridgehead atoms. The van der Waals surface area contributed by atoms with E-state index in [2.05, 4.69) is 47.5 Å². The molecule has 106 valence electrons. The van der Waals surface area contributed by atoms with E-state index in [1.54, 1.807) is 0 Å². The van der Waals surface area contributed by atoms with Crippen molar-refractivity contribution in [3.05, 3.63) is 35.9 Å². The maximum Gasteiger partial charge on any atom is 0.0594 e. The molecule has 0 aromatic heterocycles. The third kappa shape index (κ3) is 5.72. The van der Waals surface area contributed by atoms with Gasteiger partial charge in [-0.3, -0.25) is 4.90 Å². The first-order valence-corrected chi connectivity index (χ1v) is 7.42. The number of benzene rings is 1. The van der Waals surface area contributed by atoms with Crippen molar-refractivity contribution >= 4 is 0 Å². The molecule has 1 heterocycles. The van der Waals surface area contributed by atoms with Crippen molar-refractivity contribution in [2.45, 2.75) is 25.8 Å². The first-order chi connectivity index (χ1) is 9.34. The third-order valence-electron chi connectivity index (χ3n) is 3.73. The van der Waals surface area contributed by atoms with Gasteiger partial charge in [0.2, 0.25) is 0 Å². The Labute approximate surface area is 116 Å². The number of ether oxygens (including phenoxy) is 1. The van der Waals surface area contributed by atoms with E-state index < -0.39 is 0 Å². The number of hydrogen-bond acceptors (Lipinski definition) is 3. The van der Waals surface area contributed by atoms with Gasteiger partial charge in [-0.25, -0.2) is 0 Å². The van der Waals surface area contributed by atoms with Crippen LogP contribution >= 0.6 is 0 Å². The largest absolute Gasteiger partial charge is 0.379 e. The van der Waals surface area contributed by atoms with Crippen molar-refractivity contribution in [3.8, 4) is 0 Å². The molecule has 1 aliphatic heterocycles. The average Bonchev–Trinajstić information content (AvgIpc) is 2.47. The van der Waals surface area contributed by atoms with Crippen LogP contribution in [-0.2, 0) is 11.2 Å². The minimum atomic E-state index is 0.584. The number of nitrogens with zero attached hydrogens (tertiary/aromatic N) is 1. The lowest BCUT2D eigenvalue weighted by molar-refractivity contribution is 0.0381. The van der Waals surface area contributed by atoms with E-state index in [0.29, 0.717) is 6.04 Å². The Hall–Kier alpha value is -0.900. The van der Waals surface area contributed by atoms with Crippen LogP contribution in [0.15, 0.2) is 30.3 Å². The fraction of sp³-hybridized carbons (Fsp3) is 0.625. The van der Waals surface area contributed by atoms with Gasteiger partial charge in [0.05, 0.1) is 13.2 Å². The van der Waals surface area contributed by atoms with E-state index in [-0.39, 0.29) is 0 Å². The molecule has 3 nitrogen and oxygen atoms in total. The van der Waals surface area contributed by atoms with E-state index in [0.717, 1.165) is 45.8 Å². The van der Waals surface area contributed by atoms with Gasteiger partial charge in [0.25, 0.3) is 0 Å². The Bertz CT molecular complexity index is 336. The molecule has 1 saturated heterocycles. The van der Waals surface area contributed by atoms with Gasteiger partial charge in [-0.15, -0.1) is 0 Å². The van der Waals surface area contributed by atoms with E-state index in [4.69, 9.17) is 4.74 Å². The van der Waals surface area contributed by atoms with Crippen molar-refractivity contribution in [2.24, 2.45) is 0 Å². The van der Waals surface area contributed by atoms with Gasteiger partial charge < -0.3 is 10.1 Å². The highest BCUT2D eigenvalue weighted by molar-refractivity contribution is 5.14. The minimum Gasteiger partial charge on any atom is -0.379 e. The lowest BCUT2D eigenvalue weighted by atomic mass is 10.1. The van der Waals surface area contributed by atoms with Crippen LogP contribution in [-0.4, -0.2) is 50.3 Å². The molecule has 1 fully saturated rings. The summed E-state index contributed by atoms with van der Waals surface area (Å²) < 4.78 is 5.35. The zero-order chi connectivity index (χ0) is 13.3. The standard InChI is InChI=1S/C16H26N2O/c1-15(7-8-16-5-3-2-4-6-16)17-9-10-18-11-13-19-14-12-18/h2-6,15,17H,7-14H2,1H3. The minimum absolute atomic E-state index is 0.584. The predicted octanol–water partition coefficient (Wildman–Crippen LogP) is 1.93. The molecule has 3 heteroatoms. The van der Waals surface area contributed by atoms with Crippen LogP contribution in [0.4, 0.5) is 0 Å². The lowest BCUT2D eigenvalue weighted by Crippen LogP contribution is -2.41. The van der Waals surface area contributed by atoms with Crippen molar-refractivity contribution < 1.29 is 4.74 Å². The molecule has 0 aliphatic carbocycles. The fourth-order valence-electron chi connectivity index (χ4n) is 2.42. The van der Waals surface area contributed by atoms with Crippen molar-refractivity contribution in [3.63, 3.8) is 0 Å². The summed E-state index contributed by atoms with van der Waals surface area (Å²) in [5, 5.41) is 3.62. The zero-order valence-electron chi connectivity index (χ0n) is 12.0. The molecule has 1 aromatic rings. The molecule has 0 spiro atoms. The van der Waals surface area contributed by atoms with Crippen LogP contribution in [0.5, 0.6) is 0 Å². The highest BCUT2D eigenvalue weighted by Crippen LogP contribution is 2.04. The van der Waals surface area contributed by atoms with Crippen molar-refractivity contribution in [1.29, 1.82) is 0 Å². The lowest BCUT2D eigenvalue weighted by Gasteiger charge is -2.27. The molecule has 1 aromatic carbocycles. The normalized spacial score (nSPS) is 18.4. The molecular formula is C16H26N2O.